The topological polar surface area (TPSA) is 97.1 Å². The normalized spacial score (nSPS) is 15.5. The van der Waals surface area contributed by atoms with Crippen LogP contribution in [0.4, 0.5) is 17.5 Å². The fraction of sp³-hybridized carbons (Fsp3) is 0.357. The van der Waals surface area contributed by atoms with Gasteiger partial charge in [-0.25, -0.2) is 15.0 Å². The van der Waals surface area contributed by atoms with Crippen molar-refractivity contribution in [1.82, 2.24) is 15.0 Å². The van der Waals surface area contributed by atoms with E-state index in [2.05, 4.69) is 25.2 Å². The predicted molar refractivity (Wildman–Crippen MR) is 81.8 cm³/mol. The summed E-state index contributed by atoms with van der Waals surface area (Å²) in [5.41, 5.74) is 0.00148. The van der Waals surface area contributed by atoms with Gasteiger partial charge in [-0.05, 0) is 25.0 Å². The molecule has 0 atom stereocenters. The van der Waals surface area contributed by atoms with Gasteiger partial charge in [-0.3, -0.25) is 10.1 Å². The van der Waals surface area contributed by atoms with Gasteiger partial charge >= 0.3 is 0 Å². The van der Waals surface area contributed by atoms with Crippen molar-refractivity contribution in [1.29, 1.82) is 0 Å². The molecule has 3 rings (SSSR count). The van der Waals surface area contributed by atoms with E-state index < -0.39 is 4.92 Å². The van der Waals surface area contributed by atoms with Gasteiger partial charge in [0.25, 0.3) is 5.69 Å². The molecule has 2 aromatic heterocycles. The van der Waals surface area contributed by atoms with E-state index >= 15 is 0 Å². The minimum absolute atomic E-state index is 0.00148. The van der Waals surface area contributed by atoms with Crippen molar-refractivity contribution >= 4 is 17.5 Å². The highest BCUT2D eigenvalue weighted by Gasteiger charge is 2.21. The molecule has 3 heterocycles. The van der Waals surface area contributed by atoms with E-state index in [-0.39, 0.29) is 5.69 Å². The molecule has 1 fully saturated rings. The first-order valence-corrected chi connectivity index (χ1v) is 7.11. The Labute approximate surface area is 127 Å². The van der Waals surface area contributed by atoms with Crippen molar-refractivity contribution in [2.75, 3.05) is 23.3 Å². The molecule has 1 aliphatic heterocycles. The molecule has 0 spiro atoms. The minimum Gasteiger partial charge on any atom is -0.367 e. The lowest BCUT2D eigenvalue weighted by molar-refractivity contribution is -0.385. The first kappa shape index (κ1) is 14.2. The maximum Gasteiger partial charge on any atom is 0.287 e. The summed E-state index contributed by atoms with van der Waals surface area (Å²) in [4.78, 5) is 24.9. The van der Waals surface area contributed by atoms with Crippen LogP contribution in [0.1, 0.15) is 12.8 Å². The van der Waals surface area contributed by atoms with E-state index in [1.54, 1.807) is 24.5 Å². The molecular formula is C14H16N6O2. The molecule has 1 N–H and O–H groups in total. The minimum atomic E-state index is -0.449. The van der Waals surface area contributed by atoms with Crippen LogP contribution < -0.4 is 10.2 Å². The van der Waals surface area contributed by atoms with Crippen molar-refractivity contribution in [3.05, 3.63) is 46.9 Å². The lowest BCUT2D eigenvalue weighted by Gasteiger charge is -2.32. The van der Waals surface area contributed by atoms with Crippen LogP contribution in [-0.4, -0.2) is 39.0 Å². The number of piperidine rings is 1. The predicted octanol–water partition coefficient (Wildman–Crippen LogP) is 1.86. The summed E-state index contributed by atoms with van der Waals surface area (Å²) in [6.07, 6.45) is 6.64. The van der Waals surface area contributed by atoms with Gasteiger partial charge in [0.05, 0.1) is 4.92 Å². The Morgan fingerprint density at radius 2 is 1.91 bits per heavy atom. The van der Waals surface area contributed by atoms with Crippen molar-refractivity contribution in [2.45, 2.75) is 18.9 Å². The van der Waals surface area contributed by atoms with Crippen LogP contribution in [0.15, 0.2) is 36.8 Å². The number of hydrogen-bond acceptors (Lipinski definition) is 7. The number of nitrogens with one attached hydrogen (secondary N) is 1. The van der Waals surface area contributed by atoms with E-state index in [0.29, 0.717) is 11.9 Å². The fourth-order valence-electron chi connectivity index (χ4n) is 2.47. The van der Waals surface area contributed by atoms with Gasteiger partial charge in [0.2, 0.25) is 5.95 Å². The second-order valence-corrected chi connectivity index (χ2v) is 5.11. The van der Waals surface area contributed by atoms with Crippen molar-refractivity contribution in [3.8, 4) is 0 Å². The lowest BCUT2D eigenvalue weighted by atomic mass is 10.1. The molecule has 8 heteroatoms. The second-order valence-electron chi connectivity index (χ2n) is 5.11. The highest BCUT2D eigenvalue weighted by Crippen LogP contribution is 2.19. The first-order valence-electron chi connectivity index (χ1n) is 7.11. The largest absolute Gasteiger partial charge is 0.367 e. The summed E-state index contributed by atoms with van der Waals surface area (Å²) in [5.74, 6) is 1.43. The van der Waals surface area contributed by atoms with Crippen molar-refractivity contribution in [3.63, 3.8) is 0 Å². The zero-order valence-electron chi connectivity index (χ0n) is 11.9. The number of anilines is 2. The van der Waals surface area contributed by atoms with Crippen molar-refractivity contribution in [2.24, 2.45) is 0 Å². The summed E-state index contributed by atoms with van der Waals surface area (Å²) in [6.45, 7) is 1.74. The Hall–Kier alpha value is -2.77. The summed E-state index contributed by atoms with van der Waals surface area (Å²) < 4.78 is 0. The van der Waals surface area contributed by atoms with Gasteiger partial charge in [-0.2, -0.15) is 0 Å². The highest BCUT2D eigenvalue weighted by molar-refractivity contribution is 5.41. The third-order valence-corrected chi connectivity index (χ3v) is 3.64. The van der Waals surface area contributed by atoms with Crippen LogP contribution in [-0.2, 0) is 0 Å². The number of pyridine rings is 1. The molecule has 0 saturated carbocycles. The Balaban J connectivity index is 1.54. The molecule has 0 unspecified atom stereocenters. The molecule has 8 nitrogen and oxygen atoms in total. The molecule has 0 aliphatic carbocycles. The van der Waals surface area contributed by atoms with Crippen molar-refractivity contribution < 1.29 is 4.92 Å². The Kier molecular flexibility index (Phi) is 4.08. The van der Waals surface area contributed by atoms with E-state index in [0.717, 1.165) is 31.9 Å². The van der Waals surface area contributed by atoms with Crippen LogP contribution >= 0.6 is 0 Å². The number of aromatic nitrogens is 3. The van der Waals surface area contributed by atoms with Crippen LogP contribution in [0.2, 0.25) is 0 Å². The third-order valence-electron chi connectivity index (χ3n) is 3.64. The fourth-order valence-corrected chi connectivity index (χ4v) is 2.47. The molecule has 1 aliphatic rings. The molecule has 0 aromatic carbocycles. The highest BCUT2D eigenvalue weighted by atomic mass is 16.6. The molecule has 0 amide bonds. The summed E-state index contributed by atoms with van der Waals surface area (Å²) in [7, 11) is 0. The average molecular weight is 300 g/mol. The molecular weight excluding hydrogens is 284 g/mol. The van der Waals surface area contributed by atoms with E-state index in [9.17, 15) is 10.1 Å². The van der Waals surface area contributed by atoms with E-state index in [4.69, 9.17) is 0 Å². The number of rotatable bonds is 4. The Morgan fingerprint density at radius 3 is 2.50 bits per heavy atom. The maximum atomic E-state index is 10.6. The molecule has 22 heavy (non-hydrogen) atoms. The van der Waals surface area contributed by atoms with Gasteiger partial charge in [-0.15, -0.1) is 0 Å². The zero-order chi connectivity index (χ0) is 15.4. The number of nitrogens with zero attached hydrogens (tertiary/aromatic N) is 5. The lowest BCUT2D eigenvalue weighted by Crippen LogP contribution is -2.40. The first-order chi connectivity index (χ1) is 10.7. The second kappa shape index (κ2) is 6.33. The van der Waals surface area contributed by atoms with Gasteiger partial charge in [0.1, 0.15) is 12.0 Å². The molecule has 114 valence electrons. The number of hydrogen-bond donors (Lipinski definition) is 1. The quantitative estimate of drug-likeness (QED) is 0.679. The number of nitro groups is 1. The van der Waals surface area contributed by atoms with Gasteiger partial charge in [0, 0.05) is 37.6 Å². The Bertz CT molecular complexity index is 626. The van der Waals surface area contributed by atoms with E-state index in [1.165, 1.54) is 12.3 Å². The van der Waals surface area contributed by atoms with Gasteiger partial charge in [0.15, 0.2) is 0 Å². The molecule has 0 bridgehead atoms. The summed E-state index contributed by atoms with van der Waals surface area (Å²) in [5, 5.41) is 13.9. The van der Waals surface area contributed by atoms with Crippen LogP contribution in [0.3, 0.4) is 0 Å². The SMILES string of the molecule is O=[N+]([O-])c1ccc(NC2CCN(c3ncccn3)CC2)nc1. The summed E-state index contributed by atoms with van der Waals surface area (Å²) in [6, 6.07) is 5.21. The third kappa shape index (κ3) is 3.27. The smallest absolute Gasteiger partial charge is 0.287 e. The summed E-state index contributed by atoms with van der Waals surface area (Å²) >= 11 is 0. The molecule has 0 radical (unpaired) electrons. The van der Waals surface area contributed by atoms with Gasteiger partial charge < -0.3 is 10.2 Å². The average Bonchev–Trinajstić information content (AvgIpc) is 2.57. The standard InChI is InChI=1S/C14H16N6O2/c21-20(22)12-2-3-13(17-10-12)18-11-4-8-19(9-5-11)14-15-6-1-7-16-14/h1-3,6-7,10-11H,4-5,8-9H2,(H,17,18). The van der Waals surface area contributed by atoms with E-state index in [1.807, 2.05) is 0 Å². The maximum absolute atomic E-state index is 10.6. The van der Waals surface area contributed by atoms with Gasteiger partial charge in [-0.1, -0.05) is 0 Å². The molecule has 1 saturated heterocycles. The van der Waals surface area contributed by atoms with Crippen LogP contribution in [0.25, 0.3) is 0 Å². The molecule has 2 aromatic rings. The monoisotopic (exact) mass is 300 g/mol. The van der Waals surface area contributed by atoms with Crippen LogP contribution in [0, 0.1) is 10.1 Å². The van der Waals surface area contributed by atoms with Crippen LogP contribution in [0.5, 0.6) is 0 Å². The zero-order valence-corrected chi connectivity index (χ0v) is 11.9. The Morgan fingerprint density at radius 1 is 1.18 bits per heavy atom.